The first kappa shape index (κ1) is 13.9. The van der Waals surface area contributed by atoms with Gasteiger partial charge in [-0.05, 0) is 18.2 Å². The van der Waals surface area contributed by atoms with Crippen LogP contribution in [0.4, 0.5) is 11.5 Å². The Labute approximate surface area is 127 Å². The summed E-state index contributed by atoms with van der Waals surface area (Å²) in [6, 6.07) is 7.53. The van der Waals surface area contributed by atoms with Gasteiger partial charge in [0, 0.05) is 48.3 Å². The van der Waals surface area contributed by atoms with E-state index in [4.69, 9.17) is 17.3 Å². The number of aromatic nitrogens is 1. The number of amides is 1. The zero-order valence-corrected chi connectivity index (χ0v) is 12.2. The Morgan fingerprint density at radius 3 is 2.71 bits per heavy atom. The Bertz CT molecular complexity index is 664. The fourth-order valence-corrected chi connectivity index (χ4v) is 2.78. The molecule has 0 radical (unpaired) electrons. The van der Waals surface area contributed by atoms with Crippen LogP contribution in [0, 0.1) is 0 Å². The van der Waals surface area contributed by atoms with Crippen molar-refractivity contribution in [2.45, 2.75) is 0 Å². The van der Waals surface area contributed by atoms with Crippen molar-refractivity contribution < 1.29 is 4.79 Å². The van der Waals surface area contributed by atoms with E-state index in [1.54, 1.807) is 0 Å². The van der Waals surface area contributed by atoms with Crippen LogP contribution >= 0.6 is 11.6 Å². The zero-order valence-electron chi connectivity index (χ0n) is 11.4. The molecular weight excluding hydrogens is 290 g/mol. The third-order valence-electron chi connectivity index (χ3n) is 3.63. The van der Waals surface area contributed by atoms with Crippen LogP contribution in [0.25, 0.3) is 10.9 Å². The van der Waals surface area contributed by atoms with E-state index in [1.165, 1.54) is 0 Å². The molecule has 7 heteroatoms. The second-order valence-corrected chi connectivity index (χ2v) is 5.39. The Kier molecular flexibility index (Phi) is 3.81. The molecule has 1 aliphatic rings. The van der Waals surface area contributed by atoms with Gasteiger partial charge in [0.05, 0.1) is 5.52 Å². The van der Waals surface area contributed by atoms with Crippen LogP contribution < -0.4 is 16.1 Å². The first-order chi connectivity index (χ1) is 10.2. The maximum absolute atomic E-state index is 10.5. The van der Waals surface area contributed by atoms with E-state index in [9.17, 15) is 4.79 Å². The summed E-state index contributed by atoms with van der Waals surface area (Å²) < 4.78 is 0. The molecule has 2 aromatic rings. The van der Waals surface area contributed by atoms with Crippen LogP contribution in [0.5, 0.6) is 0 Å². The molecule has 1 aromatic carbocycles. The van der Waals surface area contributed by atoms with Gasteiger partial charge in [-0.1, -0.05) is 11.6 Å². The van der Waals surface area contributed by atoms with E-state index in [1.807, 2.05) is 29.3 Å². The van der Waals surface area contributed by atoms with Crippen molar-refractivity contribution in [2.75, 3.05) is 36.8 Å². The van der Waals surface area contributed by atoms with Gasteiger partial charge in [0.25, 0.3) is 0 Å². The number of rotatable bonds is 3. The summed E-state index contributed by atoms with van der Waals surface area (Å²) in [4.78, 5) is 17.1. The highest BCUT2D eigenvalue weighted by molar-refractivity contribution is 6.31. The number of hydrogen-bond donors (Lipinski definition) is 2. The van der Waals surface area contributed by atoms with Crippen molar-refractivity contribution in [3.63, 3.8) is 0 Å². The molecular formula is C14H16ClN5O. The second kappa shape index (κ2) is 5.75. The van der Waals surface area contributed by atoms with Gasteiger partial charge in [-0.25, -0.2) is 9.99 Å². The first-order valence-electron chi connectivity index (χ1n) is 6.73. The molecule has 6 nitrogen and oxygen atoms in total. The third-order valence-corrected chi connectivity index (χ3v) is 3.86. The summed E-state index contributed by atoms with van der Waals surface area (Å²) >= 11 is 6.02. The summed E-state index contributed by atoms with van der Waals surface area (Å²) in [6.07, 6.45) is 0.706. The average Bonchev–Trinajstić information content (AvgIpc) is 2.47. The predicted octanol–water partition coefficient (Wildman–Crippen LogP) is 1.25. The van der Waals surface area contributed by atoms with E-state index in [0.29, 0.717) is 17.3 Å². The maximum atomic E-state index is 10.5. The lowest BCUT2D eigenvalue weighted by Gasteiger charge is -2.35. The Morgan fingerprint density at radius 1 is 1.24 bits per heavy atom. The fraction of sp³-hybridized carbons (Fsp3) is 0.286. The van der Waals surface area contributed by atoms with Crippen molar-refractivity contribution in [1.29, 1.82) is 0 Å². The quantitative estimate of drug-likeness (QED) is 0.835. The molecule has 1 aliphatic heterocycles. The number of nitrogens with one attached hydrogen (secondary N) is 1. The van der Waals surface area contributed by atoms with E-state index in [0.717, 1.165) is 42.8 Å². The van der Waals surface area contributed by atoms with Crippen molar-refractivity contribution in [1.82, 2.24) is 15.4 Å². The van der Waals surface area contributed by atoms with Crippen LogP contribution in [0.15, 0.2) is 24.3 Å². The minimum atomic E-state index is 0.480. The summed E-state index contributed by atoms with van der Waals surface area (Å²) in [7, 11) is 0. The number of fused-ring (bicyclic) bond motifs is 1. The number of hydrazine groups is 1. The first-order valence-corrected chi connectivity index (χ1v) is 7.10. The minimum absolute atomic E-state index is 0.480. The molecule has 21 heavy (non-hydrogen) atoms. The number of piperazine rings is 1. The standard InChI is InChI=1S/C14H16ClN5O/c15-10-1-2-11-12(7-10)18-14(16)8-13(11)19-3-5-20(6-4-19)17-9-21/h1-2,7-9H,3-6H2,(H2,16,18)(H,17,21). The van der Waals surface area contributed by atoms with E-state index < -0.39 is 0 Å². The molecule has 0 saturated carbocycles. The molecule has 0 bridgehead atoms. The van der Waals surface area contributed by atoms with Crippen LogP contribution in [-0.4, -0.2) is 42.6 Å². The number of pyridine rings is 1. The third kappa shape index (κ3) is 2.86. The van der Waals surface area contributed by atoms with Gasteiger partial charge in [-0.3, -0.25) is 10.2 Å². The topological polar surface area (TPSA) is 74.5 Å². The van der Waals surface area contributed by atoms with Crippen LogP contribution in [0.1, 0.15) is 0 Å². The van der Waals surface area contributed by atoms with Crippen molar-refractivity contribution in [3.8, 4) is 0 Å². The number of halogens is 1. The molecule has 0 unspecified atom stereocenters. The molecule has 0 aliphatic carbocycles. The molecule has 3 rings (SSSR count). The van der Waals surface area contributed by atoms with Crippen molar-refractivity contribution >= 4 is 40.4 Å². The Balaban J connectivity index is 1.92. The summed E-state index contributed by atoms with van der Waals surface area (Å²) in [5.74, 6) is 0.480. The smallest absolute Gasteiger partial charge is 0.221 e. The number of anilines is 2. The lowest BCUT2D eigenvalue weighted by molar-refractivity contribution is -0.113. The number of nitrogens with zero attached hydrogens (tertiary/aromatic N) is 3. The predicted molar refractivity (Wildman–Crippen MR) is 84.2 cm³/mol. The number of nitrogen functional groups attached to an aromatic ring is 1. The van der Waals surface area contributed by atoms with E-state index in [2.05, 4.69) is 15.3 Å². The normalized spacial score (nSPS) is 16.1. The van der Waals surface area contributed by atoms with Gasteiger partial charge in [0.1, 0.15) is 5.82 Å². The highest BCUT2D eigenvalue weighted by Crippen LogP contribution is 2.30. The molecule has 3 N–H and O–H groups in total. The molecule has 1 aromatic heterocycles. The van der Waals surface area contributed by atoms with Gasteiger partial charge in [0.2, 0.25) is 6.41 Å². The number of nitrogens with two attached hydrogens (primary N) is 1. The summed E-state index contributed by atoms with van der Waals surface area (Å²) in [6.45, 7) is 3.14. The lowest BCUT2D eigenvalue weighted by atomic mass is 10.1. The van der Waals surface area contributed by atoms with Gasteiger partial charge in [0.15, 0.2) is 0 Å². The van der Waals surface area contributed by atoms with Crippen molar-refractivity contribution in [3.05, 3.63) is 29.3 Å². The average molecular weight is 306 g/mol. The van der Waals surface area contributed by atoms with Crippen LogP contribution in [0.2, 0.25) is 5.02 Å². The Morgan fingerprint density at radius 2 is 2.00 bits per heavy atom. The summed E-state index contributed by atoms with van der Waals surface area (Å²) in [5.41, 5.74) is 10.4. The lowest BCUT2D eigenvalue weighted by Crippen LogP contribution is -2.51. The maximum Gasteiger partial charge on any atom is 0.221 e. The molecule has 1 amide bonds. The second-order valence-electron chi connectivity index (χ2n) is 4.95. The summed E-state index contributed by atoms with van der Waals surface area (Å²) in [5, 5.41) is 3.57. The largest absolute Gasteiger partial charge is 0.384 e. The van der Waals surface area contributed by atoms with E-state index >= 15 is 0 Å². The van der Waals surface area contributed by atoms with Gasteiger partial charge < -0.3 is 10.6 Å². The molecule has 0 atom stereocenters. The molecule has 0 spiro atoms. The zero-order chi connectivity index (χ0) is 14.8. The van der Waals surface area contributed by atoms with Gasteiger partial charge >= 0.3 is 0 Å². The number of carbonyl (C=O) groups is 1. The highest BCUT2D eigenvalue weighted by atomic mass is 35.5. The van der Waals surface area contributed by atoms with Crippen molar-refractivity contribution in [2.24, 2.45) is 0 Å². The highest BCUT2D eigenvalue weighted by Gasteiger charge is 2.19. The molecule has 1 fully saturated rings. The van der Waals surface area contributed by atoms with Gasteiger partial charge in [-0.15, -0.1) is 0 Å². The molecule has 1 saturated heterocycles. The number of carbonyl (C=O) groups excluding carboxylic acids is 1. The minimum Gasteiger partial charge on any atom is -0.384 e. The molecule has 2 heterocycles. The van der Waals surface area contributed by atoms with E-state index in [-0.39, 0.29) is 0 Å². The SMILES string of the molecule is Nc1cc(N2CCN(NC=O)CC2)c2ccc(Cl)cc2n1. The fourth-order valence-electron chi connectivity index (χ4n) is 2.62. The van der Waals surface area contributed by atoms with Crippen LogP contribution in [-0.2, 0) is 4.79 Å². The van der Waals surface area contributed by atoms with Crippen LogP contribution in [0.3, 0.4) is 0 Å². The monoisotopic (exact) mass is 305 g/mol. The number of benzene rings is 1. The van der Waals surface area contributed by atoms with Gasteiger partial charge in [-0.2, -0.15) is 0 Å². The molecule has 110 valence electrons. The number of hydrogen-bond acceptors (Lipinski definition) is 5. The Hall–Kier alpha value is -2.05.